The summed E-state index contributed by atoms with van der Waals surface area (Å²) < 4.78 is 2.42. The van der Waals surface area contributed by atoms with Crippen molar-refractivity contribution in [3.8, 4) is 0 Å². The molecule has 0 amide bonds. The lowest BCUT2D eigenvalue weighted by molar-refractivity contribution is 0.640. The number of nitrogens with two attached hydrogens (primary N) is 1. The first-order valence-electron chi connectivity index (χ1n) is 5.30. The molecule has 1 aromatic heterocycles. The van der Waals surface area contributed by atoms with Gasteiger partial charge in [0.25, 0.3) is 5.56 Å². The minimum absolute atomic E-state index is 0.0673. The van der Waals surface area contributed by atoms with Crippen LogP contribution in [0.15, 0.2) is 40.1 Å². The Morgan fingerprint density at radius 1 is 1.28 bits per heavy atom. The molecule has 1 heterocycles. The number of nitrogen functional groups attached to an aromatic ring is 1. The molecule has 0 aliphatic heterocycles. The van der Waals surface area contributed by atoms with E-state index >= 15 is 0 Å². The Morgan fingerprint density at radius 3 is 2.67 bits per heavy atom. The van der Waals surface area contributed by atoms with Crippen molar-refractivity contribution < 1.29 is 0 Å². The molecule has 2 rings (SSSR count). The lowest BCUT2D eigenvalue weighted by Crippen LogP contribution is -2.38. The summed E-state index contributed by atoms with van der Waals surface area (Å²) >= 11 is 6.02. The second-order valence-corrected chi connectivity index (χ2v) is 4.35. The van der Waals surface area contributed by atoms with Gasteiger partial charge < -0.3 is 10.3 Å². The highest BCUT2D eigenvalue weighted by Gasteiger charge is 2.09. The molecule has 0 unspecified atom stereocenters. The predicted molar refractivity (Wildman–Crippen MR) is 70.9 cm³/mol. The van der Waals surface area contributed by atoms with Gasteiger partial charge in [0.15, 0.2) is 0 Å². The second kappa shape index (κ2) is 4.70. The molecule has 0 bridgehead atoms. The molecule has 0 radical (unpaired) electrons. The van der Waals surface area contributed by atoms with Gasteiger partial charge in [-0.05, 0) is 12.1 Å². The van der Waals surface area contributed by atoms with E-state index < -0.39 is 5.69 Å². The van der Waals surface area contributed by atoms with Crippen LogP contribution < -0.4 is 17.0 Å². The van der Waals surface area contributed by atoms with E-state index in [1.165, 1.54) is 16.8 Å². The van der Waals surface area contributed by atoms with Crippen LogP contribution in [0, 0.1) is 0 Å². The zero-order chi connectivity index (χ0) is 13.3. The zero-order valence-corrected chi connectivity index (χ0v) is 10.5. The summed E-state index contributed by atoms with van der Waals surface area (Å²) in [7, 11) is 1.58. The molecule has 6 heteroatoms. The Hall–Kier alpha value is -2.01. The number of nitrogens with zero attached hydrogens (tertiary/aromatic N) is 2. The summed E-state index contributed by atoms with van der Waals surface area (Å²) in [6.07, 6.45) is 1.43. The lowest BCUT2D eigenvalue weighted by atomic mass is 10.2. The molecule has 0 fully saturated rings. The summed E-state index contributed by atoms with van der Waals surface area (Å²) in [6.45, 7) is 0.0673. The molecule has 0 atom stereocenters. The van der Waals surface area contributed by atoms with Crippen LogP contribution in [0.2, 0.25) is 5.02 Å². The van der Waals surface area contributed by atoms with Crippen molar-refractivity contribution in [3.63, 3.8) is 0 Å². The fourth-order valence-corrected chi connectivity index (χ4v) is 1.90. The molecule has 2 N–H and O–H groups in total. The fourth-order valence-electron chi connectivity index (χ4n) is 1.66. The Morgan fingerprint density at radius 2 is 2.00 bits per heavy atom. The van der Waals surface area contributed by atoms with E-state index in [-0.39, 0.29) is 12.1 Å². The molecule has 18 heavy (non-hydrogen) atoms. The molecule has 1 aromatic carbocycles. The van der Waals surface area contributed by atoms with E-state index in [0.29, 0.717) is 16.3 Å². The number of hydrogen-bond donors (Lipinski definition) is 1. The average molecular weight is 266 g/mol. The Kier molecular flexibility index (Phi) is 3.25. The lowest BCUT2D eigenvalue weighted by Gasteiger charge is -2.10. The molecule has 94 valence electrons. The van der Waals surface area contributed by atoms with E-state index in [4.69, 9.17) is 17.3 Å². The van der Waals surface area contributed by atoms with Gasteiger partial charge in [-0.3, -0.25) is 9.36 Å². The van der Waals surface area contributed by atoms with Crippen molar-refractivity contribution in [1.29, 1.82) is 0 Å². The van der Waals surface area contributed by atoms with Crippen LogP contribution in [0.1, 0.15) is 5.56 Å². The SMILES string of the molecule is Cn1ccc(=O)n(Cc2c(N)cccc2Cl)c1=O. The number of rotatable bonds is 2. The summed E-state index contributed by atoms with van der Waals surface area (Å²) in [6, 6.07) is 6.40. The number of aromatic nitrogens is 2. The largest absolute Gasteiger partial charge is 0.398 e. The minimum Gasteiger partial charge on any atom is -0.398 e. The third-order valence-corrected chi connectivity index (χ3v) is 3.06. The highest BCUT2D eigenvalue weighted by atomic mass is 35.5. The molecule has 0 saturated heterocycles. The van der Waals surface area contributed by atoms with Crippen LogP contribution in [-0.2, 0) is 13.6 Å². The first-order chi connectivity index (χ1) is 8.50. The van der Waals surface area contributed by atoms with E-state index in [1.807, 2.05) is 0 Å². The standard InChI is InChI=1S/C12H12ClN3O2/c1-15-6-5-11(17)16(12(15)18)7-8-9(13)3-2-4-10(8)14/h2-6H,7,14H2,1H3. The van der Waals surface area contributed by atoms with Crippen molar-refractivity contribution in [3.05, 3.63) is 61.9 Å². The van der Waals surface area contributed by atoms with Gasteiger partial charge in [-0.25, -0.2) is 4.79 Å². The maximum atomic E-state index is 11.9. The van der Waals surface area contributed by atoms with Crippen LogP contribution in [-0.4, -0.2) is 9.13 Å². The third-order valence-electron chi connectivity index (χ3n) is 2.71. The Balaban J connectivity index is 2.57. The molecule has 0 saturated carbocycles. The topological polar surface area (TPSA) is 70.0 Å². The highest BCUT2D eigenvalue weighted by Crippen LogP contribution is 2.21. The van der Waals surface area contributed by atoms with Crippen molar-refractivity contribution in [2.24, 2.45) is 7.05 Å². The molecule has 5 nitrogen and oxygen atoms in total. The van der Waals surface area contributed by atoms with E-state index in [1.54, 1.807) is 25.2 Å². The van der Waals surface area contributed by atoms with Crippen LogP contribution in [0.4, 0.5) is 5.69 Å². The van der Waals surface area contributed by atoms with Crippen molar-refractivity contribution in [2.45, 2.75) is 6.54 Å². The van der Waals surface area contributed by atoms with Gasteiger partial charge >= 0.3 is 5.69 Å². The first kappa shape index (κ1) is 12.4. The normalized spacial score (nSPS) is 10.6. The van der Waals surface area contributed by atoms with Gasteiger partial charge in [0, 0.05) is 35.6 Å². The van der Waals surface area contributed by atoms with E-state index in [9.17, 15) is 9.59 Å². The number of anilines is 1. The van der Waals surface area contributed by atoms with Gasteiger partial charge in [-0.2, -0.15) is 0 Å². The Bertz CT molecular complexity index is 683. The van der Waals surface area contributed by atoms with Gasteiger partial charge in [0.05, 0.1) is 6.54 Å². The maximum Gasteiger partial charge on any atom is 0.331 e. The molecular formula is C12H12ClN3O2. The predicted octanol–water partition coefficient (Wildman–Crippen LogP) is 0.831. The fraction of sp³-hybridized carbons (Fsp3) is 0.167. The monoisotopic (exact) mass is 265 g/mol. The van der Waals surface area contributed by atoms with Gasteiger partial charge in [-0.15, -0.1) is 0 Å². The quantitative estimate of drug-likeness (QED) is 0.818. The molecule has 2 aromatic rings. The zero-order valence-electron chi connectivity index (χ0n) is 9.76. The summed E-state index contributed by atoms with van der Waals surface area (Å²) in [5.74, 6) is 0. The summed E-state index contributed by atoms with van der Waals surface area (Å²) in [4.78, 5) is 23.5. The second-order valence-electron chi connectivity index (χ2n) is 3.94. The van der Waals surface area contributed by atoms with Crippen LogP contribution >= 0.6 is 11.6 Å². The molecule has 0 spiro atoms. The van der Waals surface area contributed by atoms with Crippen molar-refractivity contribution in [2.75, 3.05) is 5.73 Å². The van der Waals surface area contributed by atoms with Gasteiger partial charge in [0.1, 0.15) is 0 Å². The van der Waals surface area contributed by atoms with Crippen LogP contribution in [0.25, 0.3) is 0 Å². The average Bonchev–Trinajstić information content (AvgIpc) is 2.33. The van der Waals surface area contributed by atoms with E-state index in [0.717, 1.165) is 4.57 Å². The van der Waals surface area contributed by atoms with Crippen molar-refractivity contribution >= 4 is 17.3 Å². The smallest absolute Gasteiger partial charge is 0.331 e. The van der Waals surface area contributed by atoms with Crippen molar-refractivity contribution in [1.82, 2.24) is 9.13 Å². The third kappa shape index (κ3) is 2.17. The summed E-state index contributed by atoms with van der Waals surface area (Å²) in [5, 5.41) is 0.438. The first-order valence-corrected chi connectivity index (χ1v) is 5.68. The minimum atomic E-state index is -0.401. The Labute approximate surface area is 108 Å². The van der Waals surface area contributed by atoms with Crippen LogP contribution in [0.3, 0.4) is 0 Å². The molecule has 0 aliphatic carbocycles. The molecular weight excluding hydrogens is 254 g/mol. The number of hydrogen-bond acceptors (Lipinski definition) is 3. The van der Waals surface area contributed by atoms with E-state index in [2.05, 4.69) is 0 Å². The van der Waals surface area contributed by atoms with Gasteiger partial charge in [-0.1, -0.05) is 17.7 Å². The van der Waals surface area contributed by atoms with Gasteiger partial charge in [0.2, 0.25) is 0 Å². The molecule has 0 aliphatic rings. The number of halogens is 1. The number of aryl methyl sites for hydroxylation is 1. The number of benzene rings is 1. The maximum absolute atomic E-state index is 11.9. The summed E-state index contributed by atoms with van der Waals surface area (Å²) in [5.41, 5.74) is 6.05. The van der Waals surface area contributed by atoms with Crippen LogP contribution in [0.5, 0.6) is 0 Å². The highest BCUT2D eigenvalue weighted by molar-refractivity contribution is 6.31.